The number of aliphatic hydroxyl groups is 2. The van der Waals surface area contributed by atoms with Gasteiger partial charge >= 0.3 is 5.97 Å². The summed E-state index contributed by atoms with van der Waals surface area (Å²) in [6.45, 7) is 4.87. The molecule has 0 aromatic heterocycles. The molecule has 54 heavy (non-hydrogen) atoms. The molecule has 0 aliphatic heterocycles. The molecule has 0 heterocycles. The lowest BCUT2D eigenvalue weighted by Gasteiger charge is -2.22. The molecule has 0 radical (unpaired) electrons. The monoisotopic (exact) mass is 764 g/mol. The molecule has 3 N–H and O–H groups in total. The summed E-state index contributed by atoms with van der Waals surface area (Å²) in [5.41, 5.74) is 0. The Labute approximate surface area is 336 Å². The van der Waals surface area contributed by atoms with Gasteiger partial charge < -0.3 is 20.3 Å². The van der Waals surface area contributed by atoms with Crippen molar-refractivity contribution in [2.24, 2.45) is 0 Å². The summed E-state index contributed by atoms with van der Waals surface area (Å²) in [5.74, 6) is -0.0830. The third-order valence-corrected chi connectivity index (χ3v) is 11.1. The van der Waals surface area contributed by atoms with Crippen molar-refractivity contribution in [1.29, 1.82) is 0 Å². The molecule has 0 spiro atoms. The lowest BCUT2D eigenvalue weighted by molar-refractivity contribution is -0.143. The summed E-state index contributed by atoms with van der Waals surface area (Å²) in [7, 11) is 0. The SMILES string of the molecule is CCCCCCCCCCCCCCCCCCC(=O)OCCCCC/C=C\CCCCCCCC(=O)NC(CO)C(O)CCCCCCCCCCC. The van der Waals surface area contributed by atoms with Gasteiger partial charge in [0.25, 0.3) is 0 Å². The minimum absolute atomic E-state index is 0.0199. The van der Waals surface area contributed by atoms with Crippen molar-refractivity contribution in [3.63, 3.8) is 0 Å². The van der Waals surface area contributed by atoms with Gasteiger partial charge in [0, 0.05) is 12.8 Å². The predicted octanol–water partition coefficient (Wildman–Crippen LogP) is 13.8. The average molecular weight is 764 g/mol. The summed E-state index contributed by atoms with van der Waals surface area (Å²) in [4.78, 5) is 24.4. The van der Waals surface area contributed by atoms with Gasteiger partial charge in [-0.3, -0.25) is 9.59 Å². The number of amides is 1. The Morgan fingerprint density at radius 3 is 1.31 bits per heavy atom. The van der Waals surface area contributed by atoms with Crippen LogP contribution < -0.4 is 5.32 Å². The molecule has 2 atom stereocenters. The van der Waals surface area contributed by atoms with E-state index in [0.29, 0.717) is 25.9 Å². The second-order valence-electron chi connectivity index (χ2n) is 16.4. The molecule has 0 aliphatic carbocycles. The number of rotatable bonds is 44. The molecule has 320 valence electrons. The van der Waals surface area contributed by atoms with E-state index in [1.807, 2.05) is 0 Å². The molecule has 0 rings (SSSR count). The number of carbonyl (C=O) groups is 2. The Kier molecular flexibility index (Phi) is 43.2. The molecule has 0 saturated heterocycles. The van der Waals surface area contributed by atoms with Gasteiger partial charge in [-0.25, -0.2) is 0 Å². The lowest BCUT2D eigenvalue weighted by Crippen LogP contribution is -2.45. The van der Waals surface area contributed by atoms with Gasteiger partial charge in [0.05, 0.1) is 25.4 Å². The van der Waals surface area contributed by atoms with Crippen molar-refractivity contribution >= 4 is 11.9 Å². The van der Waals surface area contributed by atoms with Gasteiger partial charge in [0.1, 0.15) is 0 Å². The molecule has 6 nitrogen and oxygen atoms in total. The fourth-order valence-corrected chi connectivity index (χ4v) is 7.34. The van der Waals surface area contributed by atoms with E-state index in [1.165, 1.54) is 148 Å². The largest absolute Gasteiger partial charge is 0.466 e. The molecule has 0 bridgehead atoms. The predicted molar refractivity (Wildman–Crippen MR) is 232 cm³/mol. The molecule has 0 fully saturated rings. The maximum Gasteiger partial charge on any atom is 0.305 e. The van der Waals surface area contributed by atoms with Crippen LogP contribution >= 0.6 is 0 Å². The fraction of sp³-hybridized carbons (Fsp3) is 0.917. The Morgan fingerprint density at radius 1 is 0.500 bits per heavy atom. The summed E-state index contributed by atoms with van der Waals surface area (Å²) in [5, 5.41) is 23.0. The first-order valence-electron chi connectivity index (χ1n) is 23.9. The Bertz CT molecular complexity index is 802. The molecule has 0 saturated carbocycles. The van der Waals surface area contributed by atoms with Crippen molar-refractivity contribution in [1.82, 2.24) is 5.32 Å². The quantitative estimate of drug-likeness (QED) is 0.0326. The first-order valence-corrected chi connectivity index (χ1v) is 23.9. The first-order chi connectivity index (χ1) is 26.5. The minimum Gasteiger partial charge on any atom is -0.466 e. The number of aliphatic hydroxyl groups excluding tert-OH is 2. The van der Waals surface area contributed by atoms with Crippen LogP contribution in [0.4, 0.5) is 0 Å². The van der Waals surface area contributed by atoms with Crippen molar-refractivity contribution in [2.75, 3.05) is 13.2 Å². The lowest BCUT2D eigenvalue weighted by atomic mass is 10.0. The molecular weight excluding hydrogens is 671 g/mol. The maximum atomic E-state index is 12.4. The van der Waals surface area contributed by atoms with Crippen LogP contribution in [0.2, 0.25) is 0 Å². The second-order valence-corrected chi connectivity index (χ2v) is 16.4. The number of ether oxygens (including phenoxy) is 1. The smallest absolute Gasteiger partial charge is 0.305 e. The number of nitrogens with one attached hydrogen (secondary N) is 1. The van der Waals surface area contributed by atoms with Crippen LogP contribution in [0.3, 0.4) is 0 Å². The topological polar surface area (TPSA) is 95.9 Å². The van der Waals surface area contributed by atoms with E-state index in [2.05, 4.69) is 31.3 Å². The number of allylic oxidation sites excluding steroid dienone is 2. The second kappa shape index (κ2) is 44.3. The minimum atomic E-state index is -0.676. The molecule has 2 unspecified atom stereocenters. The van der Waals surface area contributed by atoms with Crippen LogP contribution in [0.1, 0.15) is 258 Å². The molecule has 0 aromatic rings. The maximum absolute atomic E-state index is 12.4. The normalized spacial score (nSPS) is 12.7. The van der Waals surface area contributed by atoms with Crippen LogP contribution in [-0.2, 0) is 14.3 Å². The number of esters is 1. The molecule has 0 aromatic carbocycles. The van der Waals surface area contributed by atoms with Crippen molar-refractivity contribution in [3.8, 4) is 0 Å². The Morgan fingerprint density at radius 2 is 0.870 bits per heavy atom. The zero-order valence-electron chi connectivity index (χ0n) is 36.2. The van der Waals surface area contributed by atoms with E-state index in [1.54, 1.807) is 0 Å². The van der Waals surface area contributed by atoms with Gasteiger partial charge in [-0.1, -0.05) is 199 Å². The molecule has 0 aliphatic rings. The highest BCUT2D eigenvalue weighted by molar-refractivity contribution is 5.76. The zero-order chi connectivity index (χ0) is 39.4. The molecular formula is C48H93NO5. The van der Waals surface area contributed by atoms with Crippen LogP contribution in [0, 0.1) is 0 Å². The van der Waals surface area contributed by atoms with Crippen molar-refractivity contribution in [3.05, 3.63) is 12.2 Å². The summed E-state index contributed by atoms with van der Waals surface area (Å²) < 4.78 is 5.44. The van der Waals surface area contributed by atoms with Crippen LogP contribution in [0.15, 0.2) is 12.2 Å². The van der Waals surface area contributed by atoms with E-state index in [0.717, 1.165) is 77.0 Å². The summed E-state index contributed by atoms with van der Waals surface area (Å²) in [6.07, 6.45) is 48.9. The number of hydrogen-bond donors (Lipinski definition) is 3. The van der Waals surface area contributed by atoms with Crippen molar-refractivity contribution in [2.45, 2.75) is 270 Å². The van der Waals surface area contributed by atoms with Gasteiger partial charge in [-0.05, 0) is 57.8 Å². The van der Waals surface area contributed by atoms with Gasteiger partial charge in [0.2, 0.25) is 5.91 Å². The average Bonchev–Trinajstić information content (AvgIpc) is 3.17. The van der Waals surface area contributed by atoms with Gasteiger partial charge in [0.15, 0.2) is 0 Å². The van der Waals surface area contributed by atoms with Crippen LogP contribution in [-0.4, -0.2) is 47.4 Å². The van der Waals surface area contributed by atoms with E-state index in [9.17, 15) is 19.8 Å². The molecule has 6 heteroatoms. The van der Waals surface area contributed by atoms with Crippen molar-refractivity contribution < 1.29 is 24.5 Å². The Hall–Kier alpha value is -1.40. The fourth-order valence-electron chi connectivity index (χ4n) is 7.34. The van der Waals surface area contributed by atoms with Crippen LogP contribution in [0.25, 0.3) is 0 Å². The standard InChI is InChI=1S/C48H93NO5/c1-3-5-7-9-11-13-14-15-16-17-18-22-26-30-34-38-42-48(53)54-43-39-35-31-27-23-20-19-21-25-29-33-37-41-47(52)49-45(44-50)46(51)40-36-32-28-24-12-10-8-6-4-2/h20,23,45-46,50-51H,3-19,21-22,24-44H2,1-2H3,(H,49,52)/b23-20-. The van der Waals surface area contributed by atoms with E-state index in [4.69, 9.17) is 4.74 Å². The van der Waals surface area contributed by atoms with E-state index in [-0.39, 0.29) is 18.5 Å². The number of carbonyl (C=O) groups excluding carboxylic acids is 2. The Balaban J connectivity index is 3.46. The highest BCUT2D eigenvalue weighted by atomic mass is 16.5. The van der Waals surface area contributed by atoms with Gasteiger partial charge in [-0.2, -0.15) is 0 Å². The number of unbranched alkanes of at least 4 members (excludes halogenated alkanes) is 31. The summed E-state index contributed by atoms with van der Waals surface area (Å²) in [6, 6.07) is -0.556. The zero-order valence-corrected chi connectivity index (χ0v) is 36.2. The van der Waals surface area contributed by atoms with Gasteiger partial charge in [-0.15, -0.1) is 0 Å². The number of hydrogen-bond acceptors (Lipinski definition) is 5. The van der Waals surface area contributed by atoms with Crippen LogP contribution in [0.5, 0.6) is 0 Å². The van der Waals surface area contributed by atoms with E-state index < -0.39 is 12.1 Å². The highest BCUT2D eigenvalue weighted by Crippen LogP contribution is 2.16. The summed E-state index contributed by atoms with van der Waals surface area (Å²) >= 11 is 0. The first kappa shape index (κ1) is 52.6. The van der Waals surface area contributed by atoms with E-state index >= 15 is 0 Å². The molecule has 1 amide bonds. The third kappa shape index (κ3) is 40.3. The highest BCUT2D eigenvalue weighted by Gasteiger charge is 2.20. The third-order valence-electron chi connectivity index (χ3n) is 11.1.